The van der Waals surface area contributed by atoms with Crippen molar-refractivity contribution in [2.75, 3.05) is 6.61 Å². The molecule has 3 aromatic rings. The Morgan fingerprint density at radius 3 is 2.58 bits per heavy atom. The van der Waals surface area contributed by atoms with Crippen molar-refractivity contribution in [1.29, 1.82) is 0 Å². The topological polar surface area (TPSA) is 120 Å². The molecular formula is C20H15ClF4N4O4. The summed E-state index contributed by atoms with van der Waals surface area (Å²) in [6.07, 6.45) is -0.954. The molecule has 0 fully saturated rings. The van der Waals surface area contributed by atoms with E-state index >= 15 is 0 Å². The number of carbonyl (C=O) groups is 2. The summed E-state index contributed by atoms with van der Waals surface area (Å²) in [6.45, 7) is -0.396. The van der Waals surface area contributed by atoms with Crippen LogP contribution in [0.2, 0.25) is 5.02 Å². The normalized spacial score (nSPS) is 13.1. The SMILES string of the molecule is C[C@H](NC(=O)/C(=C/N)c1ncccn1)c1oc2c(C(=O)OCC(F)(F)F)cc(F)cc2c1Cl. The number of esters is 1. The molecule has 3 rings (SSSR count). The van der Waals surface area contributed by atoms with Gasteiger partial charge in [0.2, 0.25) is 0 Å². The number of ether oxygens (including phenoxy) is 1. The second-order valence-corrected chi connectivity index (χ2v) is 7.03. The summed E-state index contributed by atoms with van der Waals surface area (Å²) in [5.74, 6) is -3.14. The van der Waals surface area contributed by atoms with Crippen molar-refractivity contribution in [3.63, 3.8) is 0 Å². The van der Waals surface area contributed by atoms with Crippen LogP contribution in [-0.2, 0) is 9.53 Å². The highest BCUT2D eigenvalue weighted by Crippen LogP contribution is 2.37. The van der Waals surface area contributed by atoms with E-state index in [9.17, 15) is 27.2 Å². The quantitative estimate of drug-likeness (QED) is 0.308. The maximum Gasteiger partial charge on any atom is 0.422 e. The number of nitrogens with two attached hydrogens (primary N) is 1. The first kappa shape index (κ1) is 24.0. The van der Waals surface area contributed by atoms with Crippen molar-refractivity contribution in [3.8, 4) is 0 Å². The Hall–Kier alpha value is -3.67. The van der Waals surface area contributed by atoms with E-state index in [1.807, 2.05) is 0 Å². The number of alkyl halides is 3. The molecule has 0 radical (unpaired) electrons. The Morgan fingerprint density at radius 1 is 1.30 bits per heavy atom. The molecule has 174 valence electrons. The second kappa shape index (κ2) is 9.45. The standard InChI is InChI=1S/C20H15ClF4N4O4/c1-9(29-18(30)13(7-26)17-27-3-2-4-28-17)15-14(21)11-5-10(22)6-12(16(11)33-15)19(31)32-8-20(23,24)25/h2-7,9H,8,26H2,1H3,(H,29,30)/b13-7+/t9-/m0/s1. The monoisotopic (exact) mass is 486 g/mol. The van der Waals surface area contributed by atoms with Gasteiger partial charge in [-0.2, -0.15) is 13.2 Å². The van der Waals surface area contributed by atoms with Crippen LogP contribution < -0.4 is 11.1 Å². The van der Waals surface area contributed by atoms with E-state index in [-0.39, 0.29) is 33.1 Å². The minimum atomic E-state index is -4.77. The van der Waals surface area contributed by atoms with Gasteiger partial charge in [0.15, 0.2) is 18.0 Å². The van der Waals surface area contributed by atoms with E-state index in [2.05, 4.69) is 20.0 Å². The molecule has 33 heavy (non-hydrogen) atoms. The van der Waals surface area contributed by atoms with Crippen LogP contribution >= 0.6 is 11.6 Å². The van der Waals surface area contributed by atoms with E-state index in [0.29, 0.717) is 6.07 Å². The number of hydrogen-bond acceptors (Lipinski definition) is 7. The van der Waals surface area contributed by atoms with Gasteiger partial charge in [0.1, 0.15) is 17.1 Å². The maximum atomic E-state index is 14.0. The molecule has 2 heterocycles. The fourth-order valence-electron chi connectivity index (χ4n) is 2.84. The van der Waals surface area contributed by atoms with E-state index in [1.54, 1.807) is 6.07 Å². The summed E-state index contributed by atoms with van der Waals surface area (Å²) in [6, 6.07) is 2.21. The molecule has 0 bridgehead atoms. The molecular weight excluding hydrogens is 472 g/mol. The molecule has 2 aromatic heterocycles. The van der Waals surface area contributed by atoms with Crippen molar-refractivity contribution in [2.45, 2.75) is 19.1 Å². The molecule has 0 saturated heterocycles. The first-order valence-corrected chi connectivity index (χ1v) is 9.55. The van der Waals surface area contributed by atoms with Crippen LogP contribution in [0.3, 0.4) is 0 Å². The Labute approximate surface area is 188 Å². The van der Waals surface area contributed by atoms with Gasteiger partial charge in [-0.05, 0) is 25.1 Å². The number of hydrogen-bond donors (Lipinski definition) is 2. The van der Waals surface area contributed by atoms with Crippen LogP contribution in [0.15, 0.2) is 41.2 Å². The van der Waals surface area contributed by atoms with Gasteiger partial charge in [-0.3, -0.25) is 4.79 Å². The zero-order valence-corrected chi connectivity index (χ0v) is 17.5. The summed E-state index contributed by atoms with van der Waals surface area (Å²) in [5.41, 5.74) is 4.56. The fraction of sp³-hybridized carbons (Fsp3) is 0.200. The number of amides is 1. The first-order valence-electron chi connectivity index (χ1n) is 9.17. The Balaban J connectivity index is 1.91. The minimum absolute atomic E-state index is 0.0529. The Morgan fingerprint density at radius 2 is 1.97 bits per heavy atom. The highest BCUT2D eigenvalue weighted by molar-refractivity contribution is 6.36. The smallest absolute Gasteiger partial charge is 0.422 e. The zero-order valence-electron chi connectivity index (χ0n) is 16.7. The Bertz CT molecular complexity index is 1230. The molecule has 0 aliphatic heterocycles. The number of nitrogens with one attached hydrogen (secondary N) is 1. The molecule has 1 amide bonds. The van der Waals surface area contributed by atoms with Crippen molar-refractivity contribution >= 4 is 40.0 Å². The summed E-state index contributed by atoms with van der Waals surface area (Å²) < 4.78 is 60.9. The average Bonchev–Trinajstić information content (AvgIpc) is 3.08. The lowest BCUT2D eigenvalue weighted by molar-refractivity contribution is -0.161. The van der Waals surface area contributed by atoms with Gasteiger partial charge in [-0.25, -0.2) is 19.2 Å². The minimum Gasteiger partial charge on any atom is -0.456 e. The van der Waals surface area contributed by atoms with Gasteiger partial charge in [-0.1, -0.05) is 11.6 Å². The maximum absolute atomic E-state index is 14.0. The number of rotatable bonds is 6. The van der Waals surface area contributed by atoms with Crippen molar-refractivity contribution in [2.24, 2.45) is 5.73 Å². The van der Waals surface area contributed by atoms with Gasteiger partial charge in [0, 0.05) is 24.0 Å². The summed E-state index contributed by atoms with van der Waals surface area (Å²) in [4.78, 5) is 32.6. The molecule has 8 nitrogen and oxygen atoms in total. The van der Waals surface area contributed by atoms with Crippen molar-refractivity contribution in [3.05, 3.63) is 64.8 Å². The molecule has 0 unspecified atom stereocenters. The first-order chi connectivity index (χ1) is 15.5. The van der Waals surface area contributed by atoms with Crippen molar-refractivity contribution < 1.29 is 36.3 Å². The summed E-state index contributed by atoms with van der Waals surface area (Å²) in [5, 5.41) is 2.31. The molecule has 0 aliphatic rings. The van der Waals surface area contributed by atoms with Crippen LogP contribution in [0.25, 0.3) is 16.5 Å². The molecule has 3 N–H and O–H groups in total. The predicted octanol–water partition coefficient (Wildman–Crippen LogP) is 3.91. The highest BCUT2D eigenvalue weighted by atomic mass is 35.5. The largest absolute Gasteiger partial charge is 0.456 e. The molecule has 0 aliphatic carbocycles. The number of benzene rings is 1. The third-order valence-corrected chi connectivity index (χ3v) is 4.65. The number of aromatic nitrogens is 2. The molecule has 0 spiro atoms. The number of fused-ring (bicyclic) bond motifs is 1. The molecule has 0 saturated carbocycles. The summed E-state index contributed by atoms with van der Waals surface area (Å²) >= 11 is 6.26. The average molecular weight is 487 g/mol. The Kier molecular flexibility index (Phi) is 6.86. The number of carbonyl (C=O) groups excluding carboxylic acids is 2. The highest BCUT2D eigenvalue weighted by Gasteiger charge is 2.31. The van der Waals surface area contributed by atoms with Crippen molar-refractivity contribution in [1.82, 2.24) is 15.3 Å². The fourth-order valence-corrected chi connectivity index (χ4v) is 3.18. The van der Waals surface area contributed by atoms with E-state index in [1.165, 1.54) is 19.3 Å². The van der Waals surface area contributed by atoms with Crippen LogP contribution in [0.1, 0.15) is 34.9 Å². The molecule has 1 atom stereocenters. The second-order valence-electron chi connectivity index (χ2n) is 6.65. The van der Waals surface area contributed by atoms with E-state index in [0.717, 1.165) is 12.3 Å². The van der Waals surface area contributed by atoms with Crippen LogP contribution in [-0.4, -0.2) is 34.6 Å². The number of halogens is 5. The van der Waals surface area contributed by atoms with Gasteiger partial charge >= 0.3 is 12.1 Å². The van der Waals surface area contributed by atoms with Crippen LogP contribution in [0.4, 0.5) is 17.6 Å². The third-order valence-electron chi connectivity index (χ3n) is 4.26. The lowest BCUT2D eigenvalue weighted by Crippen LogP contribution is -2.28. The van der Waals surface area contributed by atoms with Gasteiger partial charge in [-0.15, -0.1) is 0 Å². The molecule has 13 heteroatoms. The van der Waals surface area contributed by atoms with Gasteiger partial charge in [0.25, 0.3) is 5.91 Å². The summed E-state index contributed by atoms with van der Waals surface area (Å²) in [7, 11) is 0. The lowest BCUT2D eigenvalue weighted by atomic mass is 10.1. The number of furan rings is 1. The predicted molar refractivity (Wildman–Crippen MR) is 108 cm³/mol. The number of nitrogens with zero attached hydrogens (tertiary/aromatic N) is 2. The van der Waals surface area contributed by atoms with Gasteiger partial charge in [0.05, 0.1) is 16.6 Å². The zero-order chi connectivity index (χ0) is 24.3. The van der Waals surface area contributed by atoms with Crippen LogP contribution in [0.5, 0.6) is 0 Å². The molecule has 1 aromatic carbocycles. The van der Waals surface area contributed by atoms with Gasteiger partial charge < -0.3 is 20.2 Å². The lowest BCUT2D eigenvalue weighted by Gasteiger charge is -2.13. The van der Waals surface area contributed by atoms with Crippen LogP contribution in [0, 0.1) is 5.82 Å². The van der Waals surface area contributed by atoms with E-state index < -0.39 is 42.1 Å². The third kappa shape index (κ3) is 5.40. The van der Waals surface area contributed by atoms with E-state index in [4.69, 9.17) is 21.8 Å².